The number of nitrogens with zero attached hydrogens (tertiary/aromatic N) is 1. The second kappa shape index (κ2) is 9.41. The van der Waals surface area contributed by atoms with Crippen molar-refractivity contribution in [2.45, 2.75) is 4.90 Å². The van der Waals surface area contributed by atoms with E-state index in [-0.39, 0.29) is 22.1 Å². The quantitative estimate of drug-likeness (QED) is 0.593. The summed E-state index contributed by atoms with van der Waals surface area (Å²) in [5, 5.41) is 0. The van der Waals surface area contributed by atoms with Crippen LogP contribution in [0.4, 0.5) is 10.1 Å². The Morgan fingerprint density at radius 1 is 1.00 bits per heavy atom. The highest BCUT2D eigenvalue weighted by Gasteiger charge is 2.18. The van der Waals surface area contributed by atoms with Crippen LogP contribution in [0.3, 0.4) is 0 Å². The lowest BCUT2D eigenvalue weighted by molar-refractivity contribution is 0.0773. The summed E-state index contributed by atoms with van der Waals surface area (Å²) >= 11 is 0. The van der Waals surface area contributed by atoms with Crippen LogP contribution < -0.4 is 9.46 Å². The lowest BCUT2D eigenvalue weighted by Gasteiger charge is -2.18. The number of sulfonamides is 1. The molecule has 0 aliphatic carbocycles. The average molecular weight is 428 g/mol. The second-order valence-corrected chi connectivity index (χ2v) is 8.21. The van der Waals surface area contributed by atoms with E-state index in [1.165, 1.54) is 35.2 Å². The zero-order chi connectivity index (χ0) is 21.6. The third-order valence-electron chi connectivity index (χ3n) is 4.27. The van der Waals surface area contributed by atoms with Crippen molar-refractivity contribution in [2.75, 3.05) is 24.9 Å². The smallest absolute Gasteiger partial charge is 0.261 e. The number of amides is 1. The van der Waals surface area contributed by atoms with E-state index in [0.717, 1.165) is 12.1 Å². The van der Waals surface area contributed by atoms with E-state index in [4.69, 9.17) is 4.74 Å². The van der Waals surface area contributed by atoms with E-state index in [9.17, 15) is 17.6 Å². The van der Waals surface area contributed by atoms with Crippen LogP contribution >= 0.6 is 0 Å². The van der Waals surface area contributed by atoms with Crippen molar-refractivity contribution in [3.05, 3.63) is 90.2 Å². The van der Waals surface area contributed by atoms with Gasteiger partial charge in [0, 0.05) is 18.3 Å². The van der Waals surface area contributed by atoms with Crippen molar-refractivity contribution in [1.82, 2.24) is 4.90 Å². The summed E-state index contributed by atoms with van der Waals surface area (Å²) in [5.41, 5.74) is 0.461. The van der Waals surface area contributed by atoms with Gasteiger partial charge in [-0.1, -0.05) is 24.3 Å². The van der Waals surface area contributed by atoms with Crippen molar-refractivity contribution < 1.29 is 22.3 Å². The number of anilines is 1. The first-order valence-electron chi connectivity index (χ1n) is 9.17. The number of carbonyl (C=O) groups is 1. The van der Waals surface area contributed by atoms with Gasteiger partial charge in [-0.25, -0.2) is 12.8 Å². The Kier molecular flexibility index (Phi) is 6.68. The molecule has 8 heteroatoms. The van der Waals surface area contributed by atoms with Crippen LogP contribution in [0, 0.1) is 5.82 Å². The van der Waals surface area contributed by atoms with E-state index in [1.807, 2.05) is 30.3 Å². The number of para-hydroxylation sites is 1. The molecule has 0 aliphatic heterocycles. The Hall–Kier alpha value is -3.39. The van der Waals surface area contributed by atoms with Gasteiger partial charge in [-0.2, -0.15) is 0 Å². The fourth-order valence-corrected chi connectivity index (χ4v) is 3.77. The first-order valence-corrected chi connectivity index (χ1v) is 10.7. The maximum absolute atomic E-state index is 13.0. The Labute approximate surface area is 175 Å². The van der Waals surface area contributed by atoms with Crippen LogP contribution in [0.5, 0.6) is 5.75 Å². The summed E-state index contributed by atoms with van der Waals surface area (Å²) in [7, 11) is -2.31. The van der Waals surface area contributed by atoms with E-state index >= 15 is 0 Å². The van der Waals surface area contributed by atoms with Crippen molar-refractivity contribution in [2.24, 2.45) is 0 Å². The van der Waals surface area contributed by atoms with E-state index in [1.54, 1.807) is 13.1 Å². The summed E-state index contributed by atoms with van der Waals surface area (Å²) in [6, 6.07) is 20.0. The number of rotatable bonds is 8. The Morgan fingerprint density at radius 3 is 2.40 bits per heavy atom. The molecule has 3 aromatic carbocycles. The number of hydrogen-bond donors (Lipinski definition) is 1. The molecule has 0 fully saturated rings. The molecular formula is C22H21FN2O4S. The van der Waals surface area contributed by atoms with Crippen LogP contribution in [0.2, 0.25) is 0 Å². The third-order valence-corrected chi connectivity index (χ3v) is 5.65. The molecule has 0 radical (unpaired) electrons. The van der Waals surface area contributed by atoms with Gasteiger partial charge in [0.05, 0.1) is 11.4 Å². The maximum atomic E-state index is 13.0. The molecule has 3 rings (SSSR count). The molecule has 0 unspecified atom stereocenters. The molecule has 0 bridgehead atoms. The molecule has 156 valence electrons. The largest absolute Gasteiger partial charge is 0.492 e. The van der Waals surface area contributed by atoms with E-state index < -0.39 is 15.8 Å². The molecule has 30 heavy (non-hydrogen) atoms. The first kappa shape index (κ1) is 21.3. The molecule has 0 saturated carbocycles. The second-order valence-electron chi connectivity index (χ2n) is 6.53. The van der Waals surface area contributed by atoms with Crippen LogP contribution in [-0.2, 0) is 10.0 Å². The van der Waals surface area contributed by atoms with Gasteiger partial charge in [-0.3, -0.25) is 9.52 Å². The summed E-state index contributed by atoms with van der Waals surface area (Å²) in [4.78, 5) is 14.1. The summed E-state index contributed by atoms with van der Waals surface area (Å²) < 4.78 is 46.2. The zero-order valence-corrected chi connectivity index (χ0v) is 17.1. The SMILES string of the molecule is CN(CCOc1ccccc1)C(=O)c1cccc(S(=O)(=O)Nc2ccc(F)cc2)c1. The molecule has 1 N–H and O–H groups in total. The minimum Gasteiger partial charge on any atom is -0.492 e. The Morgan fingerprint density at radius 2 is 1.70 bits per heavy atom. The number of likely N-dealkylation sites (N-methyl/N-ethyl adjacent to an activating group) is 1. The molecule has 0 aromatic heterocycles. The van der Waals surface area contributed by atoms with Crippen LogP contribution in [0.1, 0.15) is 10.4 Å². The van der Waals surface area contributed by atoms with E-state index in [0.29, 0.717) is 18.9 Å². The molecule has 3 aromatic rings. The number of carbonyl (C=O) groups excluding carboxylic acids is 1. The van der Waals surface area contributed by atoms with Crippen molar-refractivity contribution in [3.63, 3.8) is 0 Å². The lowest BCUT2D eigenvalue weighted by atomic mass is 10.2. The van der Waals surface area contributed by atoms with E-state index in [2.05, 4.69) is 4.72 Å². The molecule has 0 saturated heterocycles. The number of halogens is 1. The number of hydrogen-bond acceptors (Lipinski definition) is 4. The molecule has 1 amide bonds. The van der Waals surface area contributed by atoms with Crippen LogP contribution in [0.15, 0.2) is 83.8 Å². The van der Waals surface area contributed by atoms with Crippen molar-refractivity contribution in [1.29, 1.82) is 0 Å². The molecule has 0 spiro atoms. The Balaban J connectivity index is 1.65. The van der Waals surface area contributed by atoms with Gasteiger partial charge in [-0.15, -0.1) is 0 Å². The highest BCUT2D eigenvalue weighted by molar-refractivity contribution is 7.92. The predicted octanol–water partition coefficient (Wildman–Crippen LogP) is 3.78. The maximum Gasteiger partial charge on any atom is 0.261 e. The fraction of sp³-hybridized carbons (Fsp3) is 0.136. The minimum absolute atomic E-state index is 0.0633. The van der Waals surface area contributed by atoms with Gasteiger partial charge in [0.1, 0.15) is 18.2 Å². The molecule has 0 atom stereocenters. The first-order chi connectivity index (χ1) is 14.3. The van der Waals surface area contributed by atoms with Crippen LogP contribution in [0.25, 0.3) is 0 Å². The van der Waals surface area contributed by atoms with Gasteiger partial charge in [0.15, 0.2) is 0 Å². The fourth-order valence-electron chi connectivity index (χ4n) is 2.67. The normalized spacial score (nSPS) is 11.0. The predicted molar refractivity (Wildman–Crippen MR) is 113 cm³/mol. The minimum atomic E-state index is -3.93. The number of nitrogens with one attached hydrogen (secondary N) is 1. The highest BCUT2D eigenvalue weighted by Crippen LogP contribution is 2.18. The lowest BCUT2D eigenvalue weighted by Crippen LogP contribution is -2.31. The molecular weight excluding hydrogens is 407 g/mol. The summed E-state index contributed by atoms with van der Waals surface area (Å²) in [6.07, 6.45) is 0. The molecule has 0 heterocycles. The summed E-state index contributed by atoms with van der Waals surface area (Å²) in [5.74, 6) is -0.0892. The standard InChI is InChI=1S/C22H21FN2O4S/c1-25(14-15-29-20-7-3-2-4-8-20)22(26)17-6-5-9-21(16-17)30(27,28)24-19-12-10-18(23)11-13-19/h2-13,16,24H,14-15H2,1H3. The molecule has 0 aliphatic rings. The summed E-state index contributed by atoms with van der Waals surface area (Å²) in [6.45, 7) is 0.634. The van der Waals surface area contributed by atoms with Crippen molar-refractivity contribution in [3.8, 4) is 5.75 Å². The third kappa shape index (κ3) is 5.57. The van der Waals surface area contributed by atoms with Gasteiger partial charge in [0.2, 0.25) is 0 Å². The Bertz CT molecular complexity index is 1100. The number of benzene rings is 3. The zero-order valence-electron chi connectivity index (χ0n) is 16.3. The topological polar surface area (TPSA) is 75.7 Å². The monoisotopic (exact) mass is 428 g/mol. The van der Waals surface area contributed by atoms with Gasteiger partial charge in [-0.05, 0) is 54.6 Å². The average Bonchev–Trinajstić information content (AvgIpc) is 2.75. The number of ether oxygens (including phenoxy) is 1. The molecule has 6 nitrogen and oxygen atoms in total. The van der Waals surface area contributed by atoms with Crippen LogP contribution in [-0.4, -0.2) is 39.4 Å². The van der Waals surface area contributed by atoms with Gasteiger partial charge in [0.25, 0.3) is 15.9 Å². The highest BCUT2D eigenvalue weighted by atomic mass is 32.2. The van der Waals surface area contributed by atoms with Crippen molar-refractivity contribution >= 4 is 21.6 Å². The van der Waals surface area contributed by atoms with Gasteiger partial charge < -0.3 is 9.64 Å². The van der Waals surface area contributed by atoms with Gasteiger partial charge >= 0.3 is 0 Å².